The molecule has 0 fully saturated rings. The first-order valence-electron chi connectivity index (χ1n) is 5.41. The minimum absolute atomic E-state index is 0.421. The van der Waals surface area contributed by atoms with Crippen molar-refractivity contribution in [2.75, 3.05) is 5.32 Å². The molecule has 0 spiro atoms. The van der Waals surface area contributed by atoms with E-state index in [0.29, 0.717) is 11.5 Å². The van der Waals surface area contributed by atoms with Crippen molar-refractivity contribution < 1.29 is 9.90 Å². The van der Waals surface area contributed by atoms with Crippen molar-refractivity contribution in [3.8, 4) is 11.4 Å². The van der Waals surface area contributed by atoms with Gasteiger partial charge in [0.05, 0.1) is 5.69 Å². The van der Waals surface area contributed by atoms with Crippen LogP contribution in [0.1, 0.15) is 6.92 Å². The topological polar surface area (TPSA) is 88.0 Å². The molecule has 2 N–H and O–H groups in total. The normalized spacial score (nSPS) is 11.8. The number of rotatable bonds is 4. The van der Waals surface area contributed by atoms with Crippen molar-refractivity contribution in [3.05, 3.63) is 36.5 Å². The fourth-order valence-electron chi connectivity index (χ4n) is 1.34. The molecule has 0 saturated carbocycles. The van der Waals surface area contributed by atoms with Crippen LogP contribution >= 0.6 is 0 Å². The summed E-state index contributed by atoms with van der Waals surface area (Å²) in [4.78, 5) is 14.8. The van der Waals surface area contributed by atoms with E-state index in [1.54, 1.807) is 18.3 Å². The summed E-state index contributed by atoms with van der Waals surface area (Å²) in [6.07, 6.45) is 1.68. The summed E-state index contributed by atoms with van der Waals surface area (Å²) in [5, 5.41) is 19.4. The van der Waals surface area contributed by atoms with Gasteiger partial charge in [-0.25, -0.2) is 0 Å². The van der Waals surface area contributed by atoms with Crippen molar-refractivity contribution in [2.24, 2.45) is 0 Å². The van der Waals surface area contributed by atoms with Crippen LogP contribution in [0.3, 0.4) is 0 Å². The smallest absolute Gasteiger partial charge is 0.325 e. The summed E-state index contributed by atoms with van der Waals surface area (Å²) in [6, 6.07) is 8.23. The molecule has 0 aliphatic rings. The van der Waals surface area contributed by atoms with Gasteiger partial charge in [0.1, 0.15) is 17.6 Å². The molecule has 92 valence electrons. The standard InChI is InChI=1S/C12H12N4O2/c1-8(12(17)18)14-11-6-5-10(15-16-11)9-4-2-3-7-13-9/h2-8H,1H3,(H,14,16)(H,17,18). The zero-order valence-corrected chi connectivity index (χ0v) is 9.74. The summed E-state index contributed by atoms with van der Waals surface area (Å²) in [7, 11) is 0. The second kappa shape index (κ2) is 5.22. The Balaban J connectivity index is 2.13. The molecular formula is C12H12N4O2. The predicted octanol–water partition coefficient (Wildman–Crippen LogP) is 1.42. The zero-order valence-electron chi connectivity index (χ0n) is 9.74. The summed E-state index contributed by atoms with van der Waals surface area (Å²) in [5.74, 6) is -0.518. The fourth-order valence-corrected chi connectivity index (χ4v) is 1.34. The van der Waals surface area contributed by atoms with Gasteiger partial charge in [-0.15, -0.1) is 10.2 Å². The van der Waals surface area contributed by atoms with E-state index in [1.807, 2.05) is 18.2 Å². The van der Waals surface area contributed by atoms with Crippen LogP contribution < -0.4 is 5.32 Å². The van der Waals surface area contributed by atoms with E-state index in [2.05, 4.69) is 20.5 Å². The first-order valence-corrected chi connectivity index (χ1v) is 5.41. The number of carbonyl (C=O) groups is 1. The molecule has 0 aromatic carbocycles. The van der Waals surface area contributed by atoms with Crippen molar-refractivity contribution >= 4 is 11.8 Å². The average Bonchev–Trinajstić information content (AvgIpc) is 2.40. The lowest BCUT2D eigenvalue weighted by molar-refractivity contribution is -0.137. The van der Waals surface area contributed by atoms with E-state index in [9.17, 15) is 4.79 Å². The van der Waals surface area contributed by atoms with Gasteiger partial charge in [0.2, 0.25) is 0 Å². The van der Waals surface area contributed by atoms with Crippen molar-refractivity contribution in [3.63, 3.8) is 0 Å². The van der Waals surface area contributed by atoms with Crippen LogP contribution in [0, 0.1) is 0 Å². The maximum Gasteiger partial charge on any atom is 0.325 e. The van der Waals surface area contributed by atoms with Crippen LogP contribution in [0.15, 0.2) is 36.5 Å². The van der Waals surface area contributed by atoms with Crippen LogP contribution in [-0.2, 0) is 4.79 Å². The van der Waals surface area contributed by atoms with Gasteiger partial charge in [-0.1, -0.05) is 6.07 Å². The molecule has 2 rings (SSSR count). The molecule has 0 aliphatic carbocycles. The predicted molar refractivity (Wildman–Crippen MR) is 66.0 cm³/mol. The summed E-state index contributed by atoms with van der Waals surface area (Å²) >= 11 is 0. The minimum Gasteiger partial charge on any atom is -0.480 e. The Labute approximate surface area is 104 Å². The van der Waals surface area contributed by atoms with Crippen LogP contribution in [0.25, 0.3) is 11.4 Å². The third-order valence-electron chi connectivity index (χ3n) is 2.33. The number of pyridine rings is 1. The average molecular weight is 244 g/mol. The molecule has 0 aliphatic heterocycles. The highest BCUT2D eigenvalue weighted by molar-refractivity contribution is 5.76. The van der Waals surface area contributed by atoms with Gasteiger partial charge >= 0.3 is 5.97 Å². The second-order valence-corrected chi connectivity index (χ2v) is 3.72. The SMILES string of the molecule is CC(Nc1ccc(-c2ccccn2)nn1)C(=O)O. The zero-order chi connectivity index (χ0) is 13.0. The maximum atomic E-state index is 10.7. The molecule has 0 radical (unpaired) electrons. The number of nitrogens with one attached hydrogen (secondary N) is 1. The molecule has 18 heavy (non-hydrogen) atoms. The highest BCUT2D eigenvalue weighted by atomic mass is 16.4. The third-order valence-corrected chi connectivity index (χ3v) is 2.33. The van der Waals surface area contributed by atoms with Crippen molar-refractivity contribution in [2.45, 2.75) is 13.0 Å². The van der Waals surface area contributed by atoms with Crippen LogP contribution in [0.5, 0.6) is 0 Å². The van der Waals surface area contributed by atoms with Gasteiger partial charge < -0.3 is 10.4 Å². The third kappa shape index (κ3) is 2.79. The monoisotopic (exact) mass is 244 g/mol. The molecule has 2 aromatic heterocycles. The lowest BCUT2D eigenvalue weighted by atomic mass is 10.2. The molecule has 0 bridgehead atoms. The Morgan fingerprint density at radius 2 is 2.06 bits per heavy atom. The molecule has 6 heteroatoms. The molecule has 2 aromatic rings. The van der Waals surface area contributed by atoms with Crippen LogP contribution in [-0.4, -0.2) is 32.3 Å². The Morgan fingerprint density at radius 3 is 2.61 bits per heavy atom. The van der Waals surface area contributed by atoms with E-state index < -0.39 is 12.0 Å². The number of hydrogen-bond acceptors (Lipinski definition) is 5. The lowest BCUT2D eigenvalue weighted by Gasteiger charge is -2.09. The number of hydrogen-bond donors (Lipinski definition) is 2. The van der Waals surface area contributed by atoms with Crippen molar-refractivity contribution in [1.29, 1.82) is 0 Å². The molecule has 0 saturated heterocycles. The van der Waals surface area contributed by atoms with Gasteiger partial charge in [-0.2, -0.15) is 0 Å². The Morgan fingerprint density at radius 1 is 1.22 bits per heavy atom. The maximum absolute atomic E-state index is 10.7. The summed E-state index contributed by atoms with van der Waals surface area (Å²) in [6.45, 7) is 1.54. The first-order chi connectivity index (χ1) is 8.66. The molecule has 2 heterocycles. The lowest BCUT2D eigenvalue weighted by Crippen LogP contribution is -2.25. The summed E-state index contributed by atoms with van der Waals surface area (Å²) in [5.41, 5.74) is 1.37. The van der Waals surface area contributed by atoms with Gasteiger partial charge in [0.15, 0.2) is 0 Å². The fraction of sp³-hybridized carbons (Fsp3) is 0.167. The molecule has 6 nitrogen and oxygen atoms in total. The highest BCUT2D eigenvalue weighted by Gasteiger charge is 2.11. The van der Waals surface area contributed by atoms with E-state index in [-0.39, 0.29) is 0 Å². The van der Waals surface area contributed by atoms with E-state index in [1.165, 1.54) is 6.92 Å². The number of nitrogens with zero attached hydrogens (tertiary/aromatic N) is 3. The molecule has 1 atom stereocenters. The first kappa shape index (κ1) is 12.0. The quantitative estimate of drug-likeness (QED) is 0.845. The largest absolute Gasteiger partial charge is 0.480 e. The number of aliphatic carboxylic acids is 1. The molecule has 0 amide bonds. The number of anilines is 1. The number of carboxylic acids is 1. The van der Waals surface area contributed by atoms with Crippen LogP contribution in [0.4, 0.5) is 5.82 Å². The van der Waals surface area contributed by atoms with Gasteiger partial charge in [-0.3, -0.25) is 9.78 Å². The second-order valence-electron chi connectivity index (χ2n) is 3.72. The Bertz CT molecular complexity index is 528. The number of carboxylic acid groups (broad SMARTS) is 1. The van der Waals surface area contributed by atoms with E-state index in [4.69, 9.17) is 5.11 Å². The van der Waals surface area contributed by atoms with Gasteiger partial charge in [0, 0.05) is 6.20 Å². The van der Waals surface area contributed by atoms with E-state index in [0.717, 1.165) is 5.69 Å². The van der Waals surface area contributed by atoms with E-state index >= 15 is 0 Å². The Hall–Kier alpha value is -2.50. The van der Waals surface area contributed by atoms with Crippen LogP contribution in [0.2, 0.25) is 0 Å². The molecular weight excluding hydrogens is 232 g/mol. The highest BCUT2D eigenvalue weighted by Crippen LogP contribution is 2.13. The minimum atomic E-state index is -0.939. The van der Waals surface area contributed by atoms with Gasteiger partial charge in [-0.05, 0) is 31.2 Å². The summed E-state index contributed by atoms with van der Waals surface area (Å²) < 4.78 is 0. The number of aromatic nitrogens is 3. The Kier molecular flexibility index (Phi) is 3.47. The molecule has 1 unspecified atom stereocenters. The van der Waals surface area contributed by atoms with Crippen molar-refractivity contribution in [1.82, 2.24) is 15.2 Å². The van der Waals surface area contributed by atoms with Gasteiger partial charge in [0.25, 0.3) is 0 Å².